The monoisotopic (exact) mass is 325 g/mol. The highest BCUT2D eigenvalue weighted by Crippen LogP contribution is 2.44. The molecular formula is C19H19NO4. The van der Waals surface area contributed by atoms with Crippen LogP contribution in [0.15, 0.2) is 48.5 Å². The van der Waals surface area contributed by atoms with Gasteiger partial charge in [0.15, 0.2) is 0 Å². The number of carbonyl (C=O) groups excluding carboxylic acids is 2. The van der Waals surface area contributed by atoms with Crippen LogP contribution in [0.5, 0.6) is 0 Å². The highest BCUT2D eigenvalue weighted by Gasteiger charge is 2.29. The van der Waals surface area contributed by atoms with Gasteiger partial charge in [-0.3, -0.25) is 4.79 Å². The molecule has 2 aromatic rings. The summed E-state index contributed by atoms with van der Waals surface area (Å²) in [4.78, 5) is 23.3. The molecule has 0 heterocycles. The average Bonchev–Trinajstić information content (AvgIpc) is 2.93. The number of carbonyl (C=O) groups is 2. The largest absolute Gasteiger partial charge is 0.516 e. The predicted octanol–water partition coefficient (Wildman–Crippen LogP) is 3.07. The van der Waals surface area contributed by atoms with Gasteiger partial charge in [0.1, 0.15) is 6.61 Å². The molecule has 2 aromatic carbocycles. The summed E-state index contributed by atoms with van der Waals surface area (Å²) >= 11 is 0. The topological polar surface area (TPSA) is 78.6 Å². The van der Waals surface area contributed by atoms with Crippen LogP contribution in [0.3, 0.4) is 0 Å². The first-order chi connectivity index (χ1) is 11.6. The van der Waals surface area contributed by atoms with Crippen LogP contribution in [0.25, 0.3) is 11.1 Å². The summed E-state index contributed by atoms with van der Waals surface area (Å²) in [6.45, 7) is 1.84. The number of esters is 1. The summed E-state index contributed by atoms with van der Waals surface area (Å²) in [6, 6.07) is 16.1. The third-order valence-corrected chi connectivity index (χ3v) is 4.27. The molecule has 1 atom stereocenters. The molecule has 124 valence electrons. The van der Waals surface area contributed by atoms with E-state index in [1.165, 1.54) is 0 Å². The average molecular weight is 325 g/mol. The molecule has 5 nitrogen and oxygen atoms in total. The molecular weight excluding hydrogens is 306 g/mol. The first-order valence-corrected chi connectivity index (χ1v) is 7.88. The lowest BCUT2D eigenvalue weighted by atomic mass is 9.98. The number of fused-ring (bicyclic) bond motifs is 3. The molecule has 0 amide bonds. The molecule has 0 aliphatic heterocycles. The van der Waals surface area contributed by atoms with Gasteiger partial charge in [0.25, 0.3) is 0 Å². The molecule has 24 heavy (non-hydrogen) atoms. The Morgan fingerprint density at radius 3 is 2.12 bits per heavy atom. The van der Waals surface area contributed by atoms with E-state index in [9.17, 15) is 9.59 Å². The molecule has 2 N–H and O–H groups in total. The Morgan fingerprint density at radius 2 is 1.58 bits per heavy atom. The first kappa shape index (κ1) is 16.2. The fourth-order valence-corrected chi connectivity index (χ4v) is 2.90. The summed E-state index contributed by atoms with van der Waals surface area (Å²) < 4.78 is 9.84. The van der Waals surface area contributed by atoms with E-state index in [0.717, 1.165) is 22.3 Å². The molecule has 0 radical (unpaired) electrons. The zero-order valence-corrected chi connectivity index (χ0v) is 13.4. The summed E-state index contributed by atoms with van der Waals surface area (Å²) in [5, 5.41) is 0. The minimum absolute atomic E-state index is 0.0630. The third kappa shape index (κ3) is 3.03. The molecule has 0 spiro atoms. The van der Waals surface area contributed by atoms with Gasteiger partial charge >= 0.3 is 12.1 Å². The first-order valence-electron chi connectivity index (χ1n) is 7.88. The number of nitrogens with two attached hydrogens (primary N) is 1. The maximum absolute atomic E-state index is 11.7. The number of rotatable bonds is 4. The van der Waals surface area contributed by atoms with Gasteiger partial charge in [-0.1, -0.05) is 55.5 Å². The van der Waals surface area contributed by atoms with Crippen molar-refractivity contribution >= 4 is 12.1 Å². The molecule has 0 saturated heterocycles. The maximum Gasteiger partial charge on any atom is 0.516 e. The summed E-state index contributed by atoms with van der Waals surface area (Å²) in [5.74, 6) is -1.27. The van der Waals surface area contributed by atoms with Gasteiger partial charge in [0.05, 0.1) is 5.92 Å². The van der Waals surface area contributed by atoms with Crippen molar-refractivity contribution < 1.29 is 19.1 Å². The van der Waals surface area contributed by atoms with Crippen LogP contribution in [0.1, 0.15) is 24.0 Å². The molecule has 1 aliphatic rings. The highest BCUT2D eigenvalue weighted by atomic mass is 16.7. The molecule has 1 aliphatic carbocycles. The third-order valence-electron chi connectivity index (χ3n) is 4.27. The number of benzene rings is 2. The molecule has 1 unspecified atom stereocenters. The van der Waals surface area contributed by atoms with Crippen molar-refractivity contribution in [1.82, 2.24) is 0 Å². The zero-order valence-electron chi connectivity index (χ0n) is 13.4. The minimum Gasteiger partial charge on any atom is -0.433 e. The molecule has 0 fully saturated rings. The molecule has 5 heteroatoms. The standard InChI is InChI=1S/C19H19NO4/c1-12(10-20)18(21)24-19(22)23-11-17-15-8-4-2-6-13(15)14-7-3-5-9-16(14)17/h2-9,12,17H,10-11,20H2,1H3. The number of ether oxygens (including phenoxy) is 2. The number of hydrogen-bond acceptors (Lipinski definition) is 5. The van der Waals surface area contributed by atoms with E-state index in [0.29, 0.717) is 0 Å². The summed E-state index contributed by atoms with van der Waals surface area (Å²) in [6.07, 6.45) is -0.984. The summed E-state index contributed by atoms with van der Waals surface area (Å²) in [7, 11) is 0. The van der Waals surface area contributed by atoms with E-state index in [-0.39, 0.29) is 19.1 Å². The molecule has 0 bridgehead atoms. The predicted molar refractivity (Wildman–Crippen MR) is 89.4 cm³/mol. The minimum atomic E-state index is -0.984. The van der Waals surface area contributed by atoms with E-state index in [4.69, 9.17) is 10.5 Å². The fourth-order valence-electron chi connectivity index (χ4n) is 2.90. The molecule has 0 aromatic heterocycles. The Hall–Kier alpha value is -2.66. The Kier molecular flexibility index (Phi) is 4.62. The lowest BCUT2D eigenvalue weighted by Crippen LogP contribution is -2.26. The van der Waals surface area contributed by atoms with E-state index in [2.05, 4.69) is 16.9 Å². The van der Waals surface area contributed by atoms with Crippen molar-refractivity contribution in [2.24, 2.45) is 11.7 Å². The van der Waals surface area contributed by atoms with Crippen molar-refractivity contribution in [3.63, 3.8) is 0 Å². The van der Waals surface area contributed by atoms with Crippen LogP contribution in [-0.2, 0) is 14.3 Å². The van der Waals surface area contributed by atoms with Gasteiger partial charge in [-0.15, -0.1) is 0 Å². The Bertz CT molecular complexity index is 726. The van der Waals surface area contributed by atoms with Crippen LogP contribution in [0.2, 0.25) is 0 Å². The van der Waals surface area contributed by atoms with Gasteiger partial charge in [-0.2, -0.15) is 0 Å². The van der Waals surface area contributed by atoms with Crippen molar-refractivity contribution in [2.75, 3.05) is 13.2 Å². The van der Waals surface area contributed by atoms with Gasteiger partial charge < -0.3 is 15.2 Å². The Morgan fingerprint density at radius 1 is 1.04 bits per heavy atom. The van der Waals surface area contributed by atoms with Gasteiger partial charge in [-0.05, 0) is 22.3 Å². The normalized spacial score (nSPS) is 13.8. The maximum atomic E-state index is 11.7. The van der Waals surface area contributed by atoms with Crippen LogP contribution < -0.4 is 5.73 Å². The fraction of sp³-hybridized carbons (Fsp3) is 0.263. The van der Waals surface area contributed by atoms with Crippen molar-refractivity contribution in [3.05, 3.63) is 59.7 Å². The second-order valence-electron chi connectivity index (χ2n) is 5.85. The van der Waals surface area contributed by atoms with Crippen molar-refractivity contribution in [2.45, 2.75) is 12.8 Å². The van der Waals surface area contributed by atoms with Crippen LogP contribution in [0, 0.1) is 5.92 Å². The molecule has 3 rings (SSSR count). The van der Waals surface area contributed by atoms with Crippen molar-refractivity contribution in [3.8, 4) is 11.1 Å². The van der Waals surface area contributed by atoms with Gasteiger partial charge in [0.2, 0.25) is 0 Å². The highest BCUT2D eigenvalue weighted by molar-refractivity contribution is 5.83. The summed E-state index contributed by atoms with van der Waals surface area (Å²) in [5.41, 5.74) is 9.87. The van der Waals surface area contributed by atoms with E-state index < -0.39 is 18.0 Å². The Labute approximate surface area is 140 Å². The quantitative estimate of drug-likeness (QED) is 0.690. The Balaban J connectivity index is 1.72. The van der Waals surface area contributed by atoms with Gasteiger partial charge in [0, 0.05) is 12.5 Å². The second kappa shape index (κ2) is 6.84. The lowest BCUT2D eigenvalue weighted by Gasteiger charge is -2.14. The van der Waals surface area contributed by atoms with Crippen LogP contribution >= 0.6 is 0 Å². The van der Waals surface area contributed by atoms with E-state index in [1.807, 2.05) is 36.4 Å². The lowest BCUT2D eigenvalue weighted by molar-refractivity contribution is -0.143. The zero-order chi connectivity index (χ0) is 17.1. The van der Waals surface area contributed by atoms with E-state index in [1.54, 1.807) is 6.92 Å². The smallest absolute Gasteiger partial charge is 0.433 e. The SMILES string of the molecule is CC(CN)C(=O)OC(=O)OCC1c2ccccc2-c2ccccc21. The van der Waals surface area contributed by atoms with Crippen LogP contribution in [0.4, 0.5) is 4.79 Å². The second-order valence-corrected chi connectivity index (χ2v) is 5.85. The van der Waals surface area contributed by atoms with Crippen molar-refractivity contribution in [1.29, 1.82) is 0 Å². The number of hydrogen-bond donors (Lipinski definition) is 1. The molecule has 0 saturated carbocycles. The van der Waals surface area contributed by atoms with E-state index >= 15 is 0 Å². The van der Waals surface area contributed by atoms with Crippen LogP contribution in [-0.4, -0.2) is 25.3 Å². The van der Waals surface area contributed by atoms with Gasteiger partial charge in [-0.25, -0.2) is 4.79 Å².